The second kappa shape index (κ2) is 5.94. The lowest BCUT2D eigenvalue weighted by Gasteiger charge is -2.13. The Labute approximate surface area is 108 Å². The van der Waals surface area contributed by atoms with Crippen molar-refractivity contribution in [3.63, 3.8) is 0 Å². The summed E-state index contributed by atoms with van der Waals surface area (Å²) in [7, 11) is 0. The molecule has 4 N–H and O–H groups in total. The van der Waals surface area contributed by atoms with Crippen LogP contribution in [0.15, 0.2) is 18.2 Å². The molecular formula is C12H13FN2O4. The molecule has 1 aromatic carbocycles. The van der Waals surface area contributed by atoms with Gasteiger partial charge in [-0.05, 0) is 19.1 Å². The monoisotopic (exact) mass is 268 g/mol. The second-order valence-corrected chi connectivity index (χ2v) is 4.02. The van der Waals surface area contributed by atoms with Gasteiger partial charge in [-0.2, -0.15) is 0 Å². The van der Waals surface area contributed by atoms with Crippen LogP contribution in [0.1, 0.15) is 22.3 Å². The molecule has 102 valence electrons. The number of halogens is 1. The van der Waals surface area contributed by atoms with Crippen LogP contribution in [-0.4, -0.2) is 28.9 Å². The SMILES string of the molecule is Cc1ccc(F)c(C(=O)N[C@H](CC(N)=O)C(=O)O)c1. The maximum Gasteiger partial charge on any atom is 0.326 e. The molecule has 19 heavy (non-hydrogen) atoms. The minimum atomic E-state index is -1.48. The lowest BCUT2D eigenvalue weighted by molar-refractivity contribution is -0.140. The first-order chi connectivity index (χ1) is 8.81. The van der Waals surface area contributed by atoms with Crippen molar-refractivity contribution in [1.29, 1.82) is 0 Å². The number of carbonyl (C=O) groups excluding carboxylic acids is 2. The zero-order valence-electron chi connectivity index (χ0n) is 10.1. The maximum absolute atomic E-state index is 13.4. The predicted octanol–water partition coefficient (Wildman–Crippen LogP) is 0.193. The number of carbonyl (C=O) groups is 3. The molecular weight excluding hydrogens is 255 g/mol. The summed E-state index contributed by atoms with van der Waals surface area (Å²) in [5.41, 5.74) is 5.24. The van der Waals surface area contributed by atoms with Crippen molar-refractivity contribution < 1.29 is 23.9 Å². The first-order valence-corrected chi connectivity index (χ1v) is 5.39. The van der Waals surface area contributed by atoms with E-state index < -0.39 is 36.1 Å². The Morgan fingerprint density at radius 3 is 2.58 bits per heavy atom. The van der Waals surface area contributed by atoms with Gasteiger partial charge in [-0.1, -0.05) is 11.6 Å². The highest BCUT2D eigenvalue weighted by molar-refractivity contribution is 5.97. The molecule has 0 saturated carbocycles. The Morgan fingerprint density at radius 2 is 2.05 bits per heavy atom. The molecule has 0 spiro atoms. The molecule has 0 fully saturated rings. The molecule has 2 amide bonds. The average Bonchev–Trinajstić information content (AvgIpc) is 2.30. The van der Waals surface area contributed by atoms with E-state index in [1.165, 1.54) is 12.1 Å². The van der Waals surface area contributed by atoms with Gasteiger partial charge in [0.05, 0.1) is 12.0 Å². The standard InChI is InChI=1S/C12H13FN2O4/c1-6-2-3-8(13)7(4-6)11(17)15-9(12(18)19)5-10(14)16/h2-4,9H,5H2,1H3,(H2,14,16)(H,15,17)(H,18,19)/t9-/m1/s1. The lowest BCUT2D eigenvalue weighted by Crippen LogP contribution is -2.43. The van der Waals surface area contributed by atoms with Gasteiger partial charge in [0.2, 0.25) is 5.91 Å². The first-order valence-electron chi connectivity index (χ1n) is 5.39. The van der Waals surface area contributed by atoms with Crippen LogP contribution in [0.2, 0.25) is 0 Å². The van der Waals surface area contributed by atoms with Crippen LogP contribution in [0.3, 0.4) is 0 Å². The van der Waals surface area contributed by atoms with Crippen LogP contribution in [-0.2, 0) is 9.59 Å². The molecule has 1 aromatic rings. The summed E-state index contributed by atoms with van der Waals surface area (Å²) in [6.07, 6.45) is -0.561. The van der Waals surface area contributed by atoms with Gasteiger partial charge >= 0.3 is 5.97 Å². The van der Waals surface area contributed by atoms with E-state index in [1.807, 2.05) is 0 Å². The van der Waals surface area contributed by atoms with Crippen LogP contribution >= 0.6 is 0 Å². The number of nitrogens with two attached hydrogens (primary N) is 1. The second-order valence-electron chi connectivity index (χ2n) is 4.02. The molecule has 0 radical (unpaired) electrons. The van der Waals surface area contributed by atoms with Crippen molar-refractivity contribution in [3.05, 3.63) is 35.1 Å². The summed E-state index contributed by atoms with van der Waals surface area (Å²) in [6, 6.07) is 2.39. The van der Waals surface area contributed by atoms with Crippen LogP contribution in [0.5, 0.6) is 0 Å². The number of hydrogen-bond acceptors (Lipinski definition) is 3. The number of carboxylic acids is 1. The minimum Gasteiger partial charge on any atom is -0.480 e. The van der Waals surface area contributed by atoms with Gasteiger partial charge in [0.1, 0.15) is 11.9 Å². The van der Waals surface area contributed by atoms with Crippen LogP contribution < -0.4 is 11.1 Å². The van der Waals surface area contributed by atoms with Crippen LogP contribution in [0.4, 0.5) is 4.39 Å². The van der Waals surface area contributed by atoms with Gasteiger partial charge in [0.25, 0.3) is 5.91 Å². The van der Waals surface area contributed by atoms with E-state index in [2.05, 4.69) is 5.32 Å². The molecule has 0 aliphatic rings. The number of rotatable bonds is 5. The van der Waals surface area contributed by atoms with Gasteiger partial charge in [0.15, 0.2) is 0 Å². The van der Waals surface area contributed by atoms with Crippen molar-refractivity contribution in [2.24, 2.45) is 5.73 Å². The normalized spacial score (nSPS) is 11.7. The number of aliphatic carboxylic acids is 1. The molecule has 7 heteroatoms. The van der Waals surface area contributed by atoms with E-state index in [0.29, 0.717) is 5.56 Å². The van der Waals surface area contributed by atoms with Crippen LogP contribution in [0.25, 0.3) is 0 Å². The average molecular weight is 268 g/mol. The lowest BCUT2D eigenvalue weighted by atomic mass is 10.1. The number of amides is 2. The molecule has 0 aromatic heterocycles. The number of nitrogens with one attached hydrogen (secondary N) is 1. The quantitative estimate of drug-likeness (QED) is 0.708. The summed E-state index contributed by atoms with van der Waals surface area (Å²) in [5, 5.41) is 10.9. The number of carboxylic acid groups (broad SMARTS) is 1. The summed E-state index contributed by atoms with van der Waals surface area (Å²) in [6.45, 7) is 1.66. The Balaban J connectivity index is 2.90. The van der Waals surface area contributed by atoms with Gasteiger partial charge in [-0.15, -0.1) is 0 Å². The van der Waals surface area contributed by atoms with Crippen molar-refractivity contribution in [2.75, 3.05) is 0 Å². The van der Waals surface area contributed by atoms with E-state index in [-0.39, 0.29) is 5.56 Å². The molecule has 0 unspecified atom stereocenters. The third kappa shape index (κ3) is 4.06. The van der Waals surface area contributed by atoms with Gasteiger partial charge in [0, 0.05) is 0 Å². The summed E-state index contributed by atoms with van der Waals surface area (Å²) in [5.74, 6) is -3.97. The summed E-state index contributed by atoms with van der Waals surface area (Å²) >= 11 is 0. The third-order valence-electron chi connectivity index (χ3n) is 2.38. The summed E-state index contributed by atoms with van der Waals surface area (Å²) in [4.78, 5) is 33.3. The Hall–Kier alpha value is -2.44. The number of aryl methyl sites for hydroxylation is 1. The van der Waals surface area contributed by atoms with E-state index in [1.54, 1.807) is 6.92 Å². The van der Waals surface area contributed by atoms with Crippen molar-refractivity contribution in [3.8, 4) is 0 Å². The molecule has 0 heterocycles. The molecule has 1 rings (SSSR count). The maximum atomic E-state index is 13.4. The van der Waals surface area contributed by atoms with Crippen molar-refractivity contribution in [2.45, 2.75) is 19.4 Å². The Bertz CT molecular complexity index is 530. The zero-order chi connectivity index (χ0) is 14.6. The van der Waals surface area contributed by atoms with E-state index in [0.717, 1.165) is 6.07 Å². The number of benzene rings is 1. The van der Waals surface area contributed by atoms with Gasteiger partial charge < -0.3 is 16.2 Å². The van der Waals surface area contributed by atoms with Crippen molar-refractivity contribution >= 4 is 17.8 Å². The Morgan fingerprint density at radius 1 is 1.42 bits per heavy atom. The number of primary amides is 1. The van der Waals surface area contributed by atoms with E-state index >= 15 is 0 Å². The van der Waals surface area contributed by atoms with E-state index in [4.69, 9.17) is 10.8 Å². The molecule has 0 saturated heterocycles. The van der Waals surface area contributed by atoms with Crippen molar-refractivity contribution in [1.82, 2.24) is 5.32 Å². The minimum absolute atomic E-state index is 0.282. The largest absolute Gasteiger partial charge is 0.480 e. The highest BCUT2D eigenvalue weighted by atomic mass is 19.1. The predicted molar refractivity (Wildman–Crippen MR) is 63.8 cm³/mol. The smallest absolute Gasteiger partial charge is 0.326 e. The molecule has 0 aliphatic carbocycles. The topological polar surface area (TPSA) is 109 Å². The van der Waals surface area contributed by atoms with Gasteiger partial charge in [-0.3, -0.25) is 9.59 Å². The molecule has 1 atom stereocenters. The fraction of sp³-hybridized carbons (Fsp3) is 0.250. The molecule has 6 nitrogen and oxygen atoms in total. The Kier molecular flexibility index (Phi) is 4.57. The molecule has 0 bridgehead atoms. The molecule has 0 aliphatic heterocycles. The first kappa shape index (κ1) is 14.6. The fourth-order valence-electron chi connectivity index (χ4n) is 1.45. The highest BCUT2D eigenvalue weighted by Gasteiger charge is 2.24. The van der Waals surface area contributed by atoms with E-state index in [9.17, 15) is 18.8 Å². The number of hydrogen-bond donors (Lipinski definition) is 3. The summed E-state index contributed by atoms with van der Waals surface area (Å²) < 4.78 is 13.4. The fourth-order valence-corrected chi connectivity index (χ4v) is 1.45. The zero-order valence-corrected chi connectivity index (χ0v) is 10.1. The van der Waals surface area contributed by atoms with Crippen LogP contribution in [0, 0.1) is 12.7 Å². The van der Waals surface area contributed by atoms with Gasteiger partial charge in [-0.25, -0.2) is 9.18 Å². The highest BCUT2D eigenvalue weighted by Crippen LogP contribution is 2.10. The third-order valence-corrected chi connectivity index (χ3v) is 2.38.